The van der Waals surface area contributed by atoms with E-state index < -0.39 is 0 Å². The summed E-state index contributed by atoms with van der Waals surface area (Å²) >= 11 is 3.39. The third kappa shape index (κ3) is 4.22. The largest absolute Gasteiger partial charge is 0.493 e. The predicted molar refractivity (Wildman–Crippen MR) is 111 cm³/mol. The summed E-state index contributed by atoms with van der Waals surface area (Å²) in [6.45, 7) is 2.33. The molecule has 0 bridgehead atoms. The highest BCUT2D eigenvalue weighted by atomic mass is 79.9. The molecule has 0 radical (unpaired) electrons. The van der Waals surface area contributed by atoms with E-state index in [4.69, 9.17) is 13.6 Å². The molecule has 0 unspecified atom stereocenters. The lowest BCUT2D eigenvalue weighted by molar-refractivity contribution is 0.102. The number of nitrogens with one attached hydrogen (secondary N) is 1. The number of aromatic nitrogens is 2. The van der Waals surface area contributed by atoms with E-state index in [0.717, 1.165) is 4.47 Å². The quantitative estimate of drug-likeness (QED) is 0.419. The molecule has 0 aliphatic carbocycles. The molecule has 4 aromatic rings. The van der Waals surface area contributed by atoms with Crippen LogP contribution in [0.3, 0.4) is 0 Å². The fraction of sp³-hybridized carbons (Fsp3) is 0.0952. The molecule has 1 N–H and O–H groups in total. The van der Waals surface area contributed by atoms with Crippen LogP contribution in [0.1, 0.15) is 17.3 Å². The van der Waals surface area contributed by atoms with E-state index in [2.05, 4.69) is 31.4 Å². The van der Waals surface area contributed by atoms with Gasteiger partial charge in [-0.15, -0.1) is 10.2 Å². The average Bonchev–Trinajstić information content (AvgIpc) is 3.41. The van der Waals surface area contributed by atoms with E-state index in [1.165, 1.54) is 6.26 Å². The highest BCUT2D eigenvalue weighted by molar-refractivity contribution is 9.10. The van der Waals surface area contributed by atoms with Crippen LogP contribution in [0.2, 0.25) is 0 Å². The second kappa shape index (κ2) is 8.32. The van der Waals surface area contributed by atoms with Gasteiger partial charge in [0.25, 0.3) is 11.8 Å². The summed E-state index contributed by atoms with van der Waals surface area (Å²) in [6, 6.07) is 15.9. The average molecular weight is 454 g/mol. The van der Waals surface area contributed by atoms with Crippen molar-refractivity contribution in [2.24, 2.45) is 0 Å². The Labute approximate surface area is 174 Å². The zero-order valence-corrected chi connectivity index (χ0v) is 17.0. The number of nitrogens with zero attached hydrogens (tertiary/aromatic N) is 2. The van der Waals surface area contributed by atoms with Gasteiger partial charge < -0.3 is 18.9 Å². The number of rotatable bonds is 6. The van der Waals surface area contributed by atoms with Gasteiger partial charge >= 0.3 is 0 Å². The van der Waals surface area contributed by atoms with Crippen LogP contribution < -0.4 is 10.1 Å². The molecule has 0 saturated heterocycles. The predicted octanol–water partition coefficient (Wildman–Crippen LogP) is 5.41. The van der Waals surface area contributed by atoms with Gasteiger partial charge in [-0.2, -0.15) is 0 Å². The number of amides is 1. The zero-order chi connectivity index (χ0) is 20.2. The number of hydrogen-bond donors (Lipinski definition) is 1. The summed E-state index contributed by atoms with van der Waals surface area (Å²) in [5.41, 5.74) is 1.70. The standard InChI is InChI=1S/C21H16BrN3O4/c1-2-27-17-9-8-14(22)12-16(17)19(26)23-15-6-3-5-13(11-15)20-24-25-21(29-20)18-7-4-10-28-18/h3-12H,2H2,1H3,(H,23,26). The van der Waals surface area contributed by atoms with Crippen molar-refractivity contribution >= 4 is 27.5 Å². The van der Waals surface area contributed by atoms with Crippen molar-refractivity contribution in [1.29, 1.82) is 0 Å². The minimum atomic E-state index is -0.284. The number of hydrogen-bond acceptors (Lipinski definition) is 6. The maximum absolute atomic E-state index is 12.8. The second-order valence-corrected chi connectivity index (χ2v) is 6.91. The topological polar surface area (TPSA) is 90.4 Å². The Morgan fingerprint density at radius 1 is 1.10 bits per heavy atom. The van der Waals surface area contributed by atoms with E-state index >= 15 is 0 Å². The molecule has 0 saturated carbocycles. The molecular formula is C21H16BrN3O4. The van der Waals surface area contributed by atoms with E-state index in [9.17, 15) is 4.79 Å². The molecule has 2 aromatic heterocycles. The summed E-state index contributed by atoms with van der Waals surface area (Å²) < 4.78 is 17.3. The van der Waals surface area contributed by atoms with Crippen molar-refractivity contribution in [2.75, 3.05) is 11.9 Å². The number of benzene rings is 2. The number of carbonyl (C=O) groups is 1. The summed E-state index contributed by atoms with van der Waals surface area (Å²) in [5, 5.41) is 10.9. The van der Waals surface area contributed by atoms with Crippen LogP contribution in [0.5, 0.6) is 5.75 Å². The minimum Gasteiger partial charge on any atom is -0.493 e. The highest BCUT2D eigenvalue weighted by Gasteiger charge is 2.16. The Balaban J connectivity index is 1.57. The number of carbonyl (C=O) groups excluding carboxylic acids is 1. The molecule has 0 aliphatic rings. The van der Waals surface area contributed by atoms with Crippen molar-refractivity contribution < 1.29 is 18.4 Å². The van der Waals surface area contributed by atoms with Crippen molar-refractivity contribution in [3.05, 3.63) is 70.9 Å². The first-order valence-corrected chi connectivity index (χ1v) is 9.65. The Morgan fingerprint density at radius 3 is 2.76 bits per heavy atom. The van der Waals surface area contributed by atoms with Gasteiger partial charge in [0.2, 0.25) is 5.89 Å². The minimum absolute atomic E-state index is 0.284. The molecule has 146 valence electrons. The van der Waals surface area contributed by atoms with Crippen LogP contribution in [-0.4, -0.2) is 22.7 Å². The molecule has 2 heterocycles. The van der Waals surface area contributed by atoms with Crippen LogP contribution in [0, 0.1) is 0 Å². The molecular weight excluding hydrogens is 438 g/mol. The van der Waals surface area contributed by atoms with Crippen LogP contribution in [0.4, 0.5) is 5.69 Å². The van der Waals surface area contributed by atoms with E-state index in [1.54, 1.807) is 42.5 Å². The van der Waals surface area contributed by atoms with Crippen molar-refractivity contribution in [1.82, 2.24) is 10.2 Å². The third-order valence-electron chi connectivity index (χ3n) is 4.01. The van der Waals surface area contributed by atoms with Gasteiger partial charge in [0.15, 0.2) is 5.76 Å². The van der Waals surface area contributed by atoms with Gasteiger partial charge in [0, 0.05) is 15.7 Å². The first-order chi connectivity index (χ1) is 14.1. The summed E-state index contributed by atoms with van der Waals surface area (Å²) in [4.78, 5) is 12.8. The van der Waals surface area contributed by atoms with Gasteiger partial charge in [0.05, 0.1) is 18.4 Å². The lowest BCUT2D eigenvalue weighted by atomic mass is 10.1. The van der Waals surface area contributed by atoms with E-state index in [-0.39, 0.29) is 11.8 Å². The van der Waals surface area contributed by atoms with E-state index in [0.29, 0.717) is 40.8 Å². The van der Waals surface area contributed by atoms with E-state index in [1.807, 2.05) is 19.1 Å². The van der Waals surface area contributed by atoms with Gasteiger partial charge in [-0.1, -0.05) is 22.0 Å². The molecule has 0 atom stereocenters. The first kappa shape index (κ1) is 18.9. The number of ether oxygens (including phenoxy) is 1. The van der Waals surface area contributed by atoms with Gasteiger partial charge in [-0.05, 0) is 55.5 Å². The maximum Gasteiger partial charge on any atom is 0.283 e. The molecule has 0 aliphatic heterocycles. The van der Waals surface area contributed by atoms with Gasteiger partial charge in [-0.25, -0.2) is 0 Å². The monoisotopic (exact) mass is 453 g/mol. The Hall–Kier alpha value is -3.39. The smallest absolute Gasteiger partial charge is 0.283 e. The van der Waals surface area contributed by atoms with Crippen molar-refractivity contribution in [3.63, 3.8) is 0 Å². The molecule has 29 heavy (non-hydrogen) atoms. The van der Waals surface area contributed by atoms with Crippen molar-refractivity contribution in [3.8, 4) is 28.9 Å². The molecule has 7 nitrogen and oxygen atoms in total. The zero-order valence-electron chi connectivity index (χ0n) is 15.4. The van der Waals surface area contributed by atoms with Crippen LogP contribution in [-0.2, 0) is 0 Å². The van der Waals surface area contributed by atoms with Crippen LogP contribution >= 0.6 is 15.9 Å². The molecule has 0 spiro atoms. The Kier molecular flexibility index (Phi) is 5.44. The number of anilines is 1. The Bertz CT molecular complexity index is 1140. The highest BCUT2D eigenvalue weighted by Crippen LogP contribution is 2.27. The summed E-state index contributed by atoms with van der Waals surface area (Å²) in [5.74, 6) is 1.34. The summed E-state index contributed by atoms with van der Waals surface area (Å²) in [6.07, 6.45) is 1.54. The Morgan fingerprint density at radius 2 is 1.97 bits per heavy atom. The van der Waals surface area contributed by atoms with Crippen LogP contribution in [0.15, 0.2) is 74.2 Å². The normalized spacial score (nSPS) is 10.7. The molecule has 4 rings (SSSR count). The molecule has 8 heteroatoms. The van der Waals surface area contributed by atoms with Gasteiger partial charge in [0.1, 0.15) is 5.75 Å². The first-order valence-electron chi connectivity index (χ1n) is 8.85. The van der Waals surface area contributed by atoms with Gasteiger partial charge in [-0.3, -0.25) is 4.79 Å². The third-order valence-corrected chi connectivity index (χ3v) is 4.50. The fourth-order valence-electron chi connectivity index (χ4n) is 2.73. The number of halogens is 1. The SMILES string of the molecule is CCOc1ccc(Br)cc1C(=O)Nc1cccc(-c2nnc(-c3ccco3)o2)c1. The van der Waals surface area contributed by atoms with Crippen molar-refractivity contribution in [2.45, 2.75) is 6.92 Å². The molecule has 1 amide bonds. The second-order valence-electron chi connectivity index (χ2n) is 6.00. The lowest BCUT2D eigenvalue weighted by Gasteiger charge is -2.11. The fourth-order valence-corrected chi connectivity index (χ4v) is 3.09. The maximum atomic E-state index is 12.8. The number of furan rings is 1. The lowest BCUT2D eigenvalue weighted by Crippen LogP contribution is -2.13. The molecule has 0 fully saturated rings. The molecule has 2 aromatic carbocycles. The summed E-state index contributed by atoms with van der Waals surface area (Å²) in [7, 11) is 0. The van der Waals surface area contributed by atoms with Crippen LogP contribution in [0.25, 0.3) is 23.1 Å².